The monoisotopic (exact) mass is 630 g/mol. The van der Waals surface area contributed by atoms with E-state index in [4.69, 9.17) is 21.1 Å². The van der Waals surface area contributed by atoms with Gasteiger partial charge in [-0.15, -0.1) is 0 Å². The Hall–Kier alpha value is -2.59. The Bertz CT molecular complexity index is 1440. The third-order valence-electron chi connectivity index (χ3n) is 9.23. The van der Waals surface area contributed by atoms with Crippen LogP contribution in [0.3, 0.4) is 0 Å². The number of hydrogen-bond donors (Lipinski definition) is 2. The van der Waals surface area contributed by atoms with Crippen LogP contribution in [0.4, 0.5) is 5.69 Å². The molecule has 2 aromatic rings. The van der Waals surface area contributed by atoms with Crippen LogP contribution < -0.4 is 14.4 Å². The number of hydrogen-bond acceptors (Lipinski definition) is 7. The van der Waals surface area contributed by atoms with Crippen molar-refractivity contribution in [3.63, 3.8) is 0 Å². The Morgan fingerprint density at radius 2 is 1.93 bits per heavy atom. The molecule has 5 atom stereocenters. The van der Waals surface area contributed by atoms with Crippen molar-refractivity contribution >= 4 is 33.2 Å². The molecule has 2 aliphatic heterocycles. The molecule has 1 fully saturated rings. The summed E-state index contributed by atoms with van der Waals surface area (Å²) in [5.74, 6) is -0.0231. The van der Waals surface area contributed by atoms with E-state index in [2.05, 4.69) is 9.62 Å². The number of anilines is 1. The molecule has 43 heavy (non-hydrogen) atoms. The van der Waals surface area contributed by atoms with Crippen molar-refractivity contribution in [3.05, 3.63) is 70.3 Å². The molecule has 0 aromatic heterocycles. The summed E-state index contributed by atoms with van der Waals surface area (Å²) >= 11 is 6.31. The number of amides is 1. The molecule has 10 heteroatoms. The second-order valence-electron chi connectivity index (χ2n) is 12.4. The summed E-state index contributed by atoms with van der Waals surface area (Å²) in [5, 5.41) is 10.9. The number of methoxy groups -OCH3 is 1. The first-order valence-corrected chi connectivity index (χ1v) is 17.2. The van der Waals surface area contributed by atoms with Crippen LogP contribution in [0.1, 0.15) is 67.4 Å². The highest BCUT2D eigenvalue weighted by atomic mass is 35.5. The van der Waals surface area contributed by atoms with E-state index in [1.54, 1.807) is 38.1 Å². The minimum Gasteiger partial charge on any atom is -0.487 e. The van der Waals surface area contributed by atoms with Crippen molar-refractivity contribution in [2.45, 2.75) is 76.4 Å². The zero-order valence-electron chi connectivity index (χ0n) is 25.2. The number of sulfonamides is 1. The standard InChI is InChI=1S/C33H43ClN2O6S/c1-21(2)32-31(41-3)9-6-8-29(37)27-14-11-24(27)19-36-16-5-4-7-22-17-26(34)13-10-25(22)20-42-30-15-12-23(18-28(30)36)33(38)35-43(32,39)40/h6,8,10,12-13,15,17-18,21,24,27,29,31-32,37H,4-5,7,9,11,14,16,19-20H2,1-3H3,(H,35,38)/b8-6+/t24?,27?,29-,31+,32-/m0/s1. The third kappa shape index (κ3) is 7.22. The lowest BCUT2D eigenvalue weighted by molar-refractivity contribution is 0.0455. The molecule has 1 saturated carbocycles. The van der Waals surface area contributed by atoms with Gasteiger partial charge in [0.15, 0.2) is 0 Å². The van der Waals surface area contributed by atoms with E-state index < -0.39 is 33.4 Å². The molecule has 1 aliphatic carbocycles. The molecule has 2 aromatic carbocycles. The van der Waals surface area contributed by atoms with Gasteiger partial charge in [0, 0.05) is 30.8 Å². The second-order valence-corrected chi connectivity index (χ2v) is 14.7. The number of rotatable bonds is 2. The Balaban J connectivity index is 1.56. The number of benzene rings is 2. The quantitative estimate of drug-likeness (QED) is 0.422. The molecule has 2 unspecified atom stereocenters. The fourth-order valence-corrected chi connectivity index (χ4v) is 8.78. The van der Waals surface area contributed by atoms with E-state index in [-0.39, 0.29) is 23.3 Å². The zero-order chi connectivity index (χ0) is 30.7. The van der Waals surface area contributed by atoms with Crippen LogP contribution in [0.15, 0.2) is 48.6 Å². The van der Waals surface area contributed by atoms with Crippen LogP contribution in [0.5, 0.6) is 5.75 Å². The molecular formula is C33H43ClN2O6S. The number of fused-ring (bicyclic) bond motifs is 3. The molecule has 2 bridgehead atoms. The van der Waals surface area contributed by atoms with Crippen molar-refractivity contribution in [1.82, 2.24) is 4.72 Å². The molecule has 0 radical (unpaired) electrons. The van der Waals surface area contributed by atoms with E-state index in [1.807, 2.05) is 24.3 Å². The van der Waals surface area contributed by atoms with Crippen molar-refractivity contribution in [3.8, 4) is 5.75 Å². The maximum atomic E-state index is 13.6. The smallest absolute Gasteiger partial charge is 0.264 e. The zero-order valence-corrected chi connectivity index (χ0v) is 26.7. The highest BCUT2D eigenvalue weighted by Crippen LogP contribution is 2.41. The number of carbonyl (C=O) groups excluding carboxylic acids is 1. The maximum Gasteiger partial charge on any atom is 0.264 e. The summed E-state index contributed by atoms with van der Waals surface area (Å²) < 4.78 is 41.6. The number of halogens is 1. The van der Waals surface area contributed by atoms with Gasteiger partial charge < -0.3 is 19.5 Å². The maximum absolute atomic E-state index is 13.6. The lowest BCUT2D eigenvalue weighted by Crippen LogP contribution is -2.47. The fraction of sp³-hybridized carbons (Fsp3) is 0.545. The topological polar surface area (TPSA) is 105 Å². The van der Waals surface area contributed by atoms with Gasteiger partial charge in [0.05, 0.1) is 17.9 Å². The Kier molecular flexibility index (Phi) is 10.1. The molecule has 5 rings (SSSR count). The van der Waals surface area contributed by atoms with Gasteiger partial charge in [-0.25, -0.2) is 13.1 Å². The number of carbonyl (C=O) groups is 1. The fourth-order valence-electron chi connectivity index (χ4n) is 6.74. The molecule has 0 saturated heterocycles. The largest absolute Gasteiger partial charge is 0.487 e. The molecule has 8 nitrogen and oxygen atoms in total. The van der Waals surface area contributed by atoms with Crippen LogP contribution in [0, 0.1) is 17.8 Å². The Morgan fingerprint density at radius 1 is 1.12 bits per heavy atom. The molecule has 234 valence electrons. The summed E-state index contributed by atoms with van der Waals surface area (Å²) in [7, 11) is -2.63. The van der Waals surface area contributed by atoms with Gasteiger partial charge in [-0.1, -0.05) is 43.7 Å². The first-order valence-electron chi connectivity index (χ1n) is 15.3. The van der Waals surface area contributed by atoms with E-state index >= 15 is 0 Å². The number of ether oxygens (including phenoxy) is 2. The van der Waals surface area contributed by atoms with E-state index in [0.717, 1.165) is 55.5 Å². The number of aliphatic hydroxyl groups excluding tert-OH is 1. The summed E-state index contributed by atoms with van der Waals surface area (Å²) in [5.41, 5.74) is 3.22. The predicted octanol–water partition coefficient (Wildman–Crippen LogP) is 5.51. The summed E-state index contributed by atoms with van der Waals surface area (Å²) in [6.07, 6.45) is 7.24. The summed E-state index contributed by atoms with van der Waals surface area (Å²) in [6, 6.07) is 11.0. The van der Waals surface area contributed by atoms with Crippen molar-refractivity contribution in [2.24, 2.45) is 17.8 Å². The van der Waals surface area contributed by atoms with Crippen molar-refractivity contribution < 1.29 is 27.8 Å². The van der Waals surface area contributed by atoms with Crippen LogP contribution in [0.2, 0.25) is 5.02 Å². The average Bonchev–Trinajstić information content (AvgIpc) is 2.96. The molecule has 2 N–H and O–H groups in total. The Labute approximate surface area is 260 Å². The van der Waals surface area contributed by atoms with Crippen LogP contribution in [-0.4, -0.2) is 57.1 Å². The molecular weight excluding hydrogens is 588 g/mol. The van der Waals surface area contributed by atoms with E-state index in [9.17, 15) is 18.3 Å². The van der Waals surface area contributed by atoms with Gasteiger partial charge in [0.25, 0.3) is 5.91 Å². The SMILES string of the molecule is CO[C@@H]1C/C=C/[C@H](O)C2CCC2CN2CCCCc3cc(Cl)ccc3COc3ccc(cc32)C(=O)NS(=O)(=O)[C@H]1C(C)C. The van der Waals surface area contributed by atoms with Gasteiger partial charge in [0.1, 0.15) is 17.6 Å². The van der Waals surface area contributed by atoms with Crippen LogP contribution >= 0.6 is 11.6 Å². The van der Waals surface area contributed by atoms with Gasteiger partial charge in [-0.05, 0) is 97.7 Å². The number of nitrogens with one attached hydrogen (secondary N) is 1. The van der Waals surface area contributed by atoms with Crippen molar-refractivity contribution in [1.29, 1.82) is 0 Å². The number of aryl methyl sites for hydroxylation is 1. The first kappa shape index (κ1) is 31.8. The predicted molar refractivity (Wildman–Crippen MR) is 169 cm³/mol. The molecule has 2 heterocycles. The lowest BCUT2D eigenvalue weighted by atomic mass is 9.70. The molecule has 1 amide bonds. The summed E-state index contributed by atoms with van der Waals surface area (Å²) in [4.78, 5) is 15.8. The molecule has 0 spiro atoms. The Morgan fingerprint density at radius 3 is 2.65 bits per heavy atom. The number of aliphatic hydroxyl groups is 1. The van der Waals surface area contributed by atoms with Crippen LogP contribution in [0.25, 0.3) is 0 Å². The van der Waals surface area contributed by atoms with Crippen molar-refractivity contribution in [2.75, 3.05) is 25.1 Å². The van der Waals surface area contributed by atoms with Crippen LogP contribution in [-0.2, 0) is 27.8 Å². The number of nitrogens with zero attached hydrogens (tertiary/aromatic N) is 1. The van der Waals surface area contributed by atoms with Gasteiger partial charge in [-0.3, -0.25) is 4.79 Å². The van der Waals surface area contributed by atoms with Gasteiger partial charge in [-0.2, -0.15) is 0 Å². The van der Waals surface area contributed by atoms with E-state index in [0.29, 0.717) is 30.3 Å². The highest BCUT2D eigenvalue weighted by Gasteiger charge is 2.39. The summed E-state index contributed by atoms with van der Waals surface area (Å²) in [6.45, 7) is 5.38. The minimum atomic E-state index is -4.11. The normalized spacial score (nSPS) is 28.7. The van der Waals surface area contributed by atoms with E-state index in [1.165, 1.54) is 7.11 Å². The average molecular weight is 631 g/mol. The first-order chi connectivity index (χ1) is 20.6. The molecule has 3 aliphatic rings. The second kappa shape index (κ2) is 13.6. The lowest BCUT2D eigenvalue weighted by Gasteiger charge is -2.42. The van der Waals surface area contributed by atoms with Gasteiger partial charge >= 0.3 is 0 Å². The minimum absolute atomic E-state index is 0.0928. The van der Waals surface area contributed by atoms with Gasteiger partial charge in [0.2, 0.25) is 10.0 Å². The highest BCUT2D eigenvalue weighted by molar-refractivity contribution is 7.90. The third-order valence-corrected chi connectivity index (χ3v) is 11.5.